The molecule has 0 radical (unpaired) electrons. The SMILES string of the molecule is Cc1c(C(=N)/C=C(/Nc2cc(C)n(C)n2)C(N)=O)ccc(F)c1NC(=O)c1cc2cc(Br)ccc2s1. The Morgan fingerprint density at radius 3 is 2.58 bits per heavy atom. The van der Waals surface area contributed by atoms with Crippen molar-refractivity contribution < 1.29 is 14.0 Å². The molecular weight excluding hydrogens is 547 g/mol. The van der Waals surface area contributed by atoms with Gasteiger partial charge in [-0.3, -0.25) is 14.3 Å². The van der Waals surface area contributed by atoms with E-state index in [-0.39, 0.29) is 17.1 Å². The Balaban J connectivity index is 1.62. The van der Waals surface area contributed by atoms with E-state index in [1.54, 1.807) is 30.8 Å². The van der Waals surface area contributed by atoms with E-state index in [9.17, 15) is 14.0 Å². The summed E-state index contributed by atoms with van der Waals surface area (Å²) in [4.78, 5) is 25.4. The van der Waals surface area contributed by atoms with Crippen molar-refractivity contribution in [2.45, 2.75) is 13.8 Å². The van der Waals surface area contributed by atoms with Crippen LogP contribution in [0.5, 0.6) is 0 Å². The van der Waals surface area contributed by atoms with E-state index in [2.05, 4.69) is 31.7 Å². The van der Waals surface area contributed by atoms with Crippen LogP contribution in [-0.2, 0) is 11.8 Å². The fourth-order valence-corrected chi connectivity index (χ4v) is 4.89. The number of thiophene rings is 1. The number of benzene rings is 2. The maximum atomic E-state index is 14.7. The summed E-state index contributed by atoms with van der Waals surface area (Å²) in [5, 5.41) is 19.1. The van der Waals surface area contributed by atoms with Crippen LogP contribution in [0.15, 0.2) is 58.7 Å². The number of fused-ring (bicyclic) bond motifs is 1. The van der Waals surface area contributed by atoms with Crippen LogP contribution >= 0.6 is 27.3 Å². The molecule has 2 heterocycles. The first-order chi connectivity index (χ1) is 17.0. The summed E-state index contributed by atoms with van der Waals surface area (Å²) < 4.78 is 18.2. The van der Waals surface area contributed by atoms with Gasteiger partial charge >= 0.3 is 0 Å². The van der Waals surface area contributed by atoms with Crippen molar-refractivity contribution >= 4 is 66.4 Å². The molecule has 0 bridgehead atoms. The number of allylic oxidation sites excluding steroid dienone is 1. The molecule has 0 aliphatic rings. The monoisotopic (exact) mass is 568 g/mol. The smallest absolute Gasteiger partial charge is 0.265 e. The number of hydrogen-bond acceptors (Lipinski definition) is 6. The molecule has 0 atom stereocenters. The van der Waals surface area contributed by atoms with Gasteiger partial charge in [-0.05, 0) is 67.3 Å². The molecule has 36 heavy (non-hydrogen) atoms. The number of nitrogens with one attached hydrogen (secondary N) is 3. The van der Waals surface area contributed by atoms with Crippen LogP contribution in [0.1, 0.15) is 26.5 Å². The maximum Gasteiger partial charge on any atom is 0.265 e. The highest BCUT2D eigenvalue weighted by Crippen LogP contribution is 2.30. The zero-order valence-electron chi connectivity index (χ0n) is 19.6. The van der Waals surface area contributed by atoms with Gasteiger partial charge in [0.15, 0.2) is 5.82 Å². The van der Waals surface area contributed by atoms with Crippen LogP contribution in [0.4, 0.5) is 15.9 Å². The van der Waals surface area contributed by atoms with Gasteiger partial charge in [-0.1, -0.05) is 15.9 Å². The fourth-order valence-electron chi connectivity index (χ4n) is 3.58. The van der Waals surface area contributed by atoms with Gasteiger partial charge in [-0.2, -0.15) is 5.10 Å². The van der Waals surface area contributed by atoms with Crippen LogP contribution in [0.3, 0.4) is 0 Å². The second-order valence-corrected chi connectivity index (χ2v) is 10.1. The van der Waals surface area contributed by atoms with Crippen LogP contribution in [0.25, 0.3) is 10.1 Å². The molecule has 0 saturated carbocycles. The number of halogens is 2. The van der Waals surface area contributed by atoms with E-state index in [1.165, 1.54) is 29.5 Å². The second kappa shape index (κ2) is 10.0. The minimum Gasteiger partial charge on any atom is -0.364 e. The van der Waals surface area contributed by atoms with Crippen molar-refractivity contribution in [3.05, 3.63) is 86.2 Å². The average molecular weight is 569 g/mol. The molecular formula is C25H22BrFN6O2S. The molecule has 4 rings (SSSR count). The maximum absolute atomic E-state index is 14.7. The number of primary amides is 1. The molecule has 2 amide bonds. The fraction of sp³-hybridized carbons (Fsp3) is 0.120. The number of aromatic nitrogens is 2. The van der Waals surface area contributed by atoms with E-state index in [0.717, 1.165) is 20.3 Å². The Kier molecular flexibility index (Phi) is 7.04. The first-order valence-corrected chi connectivity index (χ1v) is 12.3. The van der Waals surface area contributed by atoms with E-state index in [0.29, 0.717) is 21.8 Å². The van der Waals surface area contributed by atoms with Crippen LogP contribution in [0, 0.1) is 25.1 Å². The minimum atomic E-state index is -0.784. The van der Waals surface area contributed by atoms with Crippen LogP contribution in [-0.4, -0.2) is 27.3 Å². The molecule has 8 nitrogen and oxygen atoms in total. The number of aryl methyl sites for hydroxylation is 2. The largest absolute Gasteiger partial charge is 0.364 e. The lowest BCUT2D eigenvalue weighted by atomic mass is 10.0. The first kappa shape index (κ1) is 25.3. The minimum absolute atomic E-state index is 0.0387. The Bertz CT molecular complexity index is 1550. The predicted octanol–water partition coefficient (Wildman–Crippen LogP) is 5.25. The second-order valence-electron chi connectivity index (χ2n) is 8.10. The Hall–Kier alpha value is -3.83. The third kappa shape index (κ3) is 5.21. The summed E-state index contributed by atoms with van der Waals surface area (Å²) in [5.41, 5.74) is 6.84. The van der Waals surface area contributed by atoms with Crippen LogP contribution < -0.4 is 16.4 Å². The third-order valence-corrected chi connectivity index (χ3v) is 7.18. The molecule has 0 unspecified atom stereocenters. The van der Waals surface area contributed by atoms with E-state index >= 15 is 0 Å². The van der Waals surface area contributed by atoms with Gasteiger partial charge in [-0.25, -0.2) is 4.39 Å². The van der Waals surface area contributed by atoms with Crippen LogP contribution in [0.2, 0.25) is 0 Å². The Morgan fingerprint density at radius 2 is 1.92 bits per heavy atom. The molecule has 2 aromatic carbocycles. The number of carbonyl (C=O) groups excluding carboxylic acids is 2. The number of rotatable bonds is 7. The quantitative estimate of drug-likeness (QED) is 0.179. The van der Waals surface area contributed by atoms with Crippen molar-refractivity contribution in [2.24, 2.45) is 12.8 Å². The van der Waals surface area contributed by atoms with Gasteiger partial charge in [-0.15, -0.1) is 11.3 Å². The topological polar surface area (TPSA) is 126 Å². The zero-order valence-corrected chi connectivity index (χ0v) is 22.0. The van der Waals surface area contributed by atoms with E-state index in [4.69, 9.17) is 11.1 Å². The molecule has 0 saturated heterocycles. The number of carbonyl (C=O) groups is 2. The standard InChI is InChI=1S/C25H22BrFN6O2S/c1-12-8-22(32-33(12)3)30-19(24(29)34)11-18(28)16-5-6-17(27)23(13(16)2)31-25(35)21-10-14-9-15(26)4-7-20(14)36-21/h4-11,28H,1-3H3,(H2,29,34)(H,30,32)(H,31,35)/b19-11+,28-18?. The van der Waals surface area contributed by atoms with Crippen molar-refractivity contribution in [1.82, 2.24) is 9.78 Å². The zero-order chi connectivity index (χ0) is 26.1. The lowest BCUT2D eigenvalue weighted by molar-refractivity contribution is -0.114. The molecule has 0 spiro atoms. The average Bonchev–Trinajstić information content (AvgIpc) is 3.37. The number of anilines is 2. The van der Waals surface area contributed by atoms with Gasteiger partial charge in [0, 0.05) is 33.5 Å². The highest BCUT2D eigenvalue weighted by molar-refractivity contribution is 9.10. The van der Waals surface area contributed by atoms with Gasteiger partial charge in [0.1, 0.15) is 11.5 Å². The molecule has 0 aliphatic heterocycles. The summed E-state index contributed by atoms with van der Waals surface area (Å²) >= 11 is 4.71. The highest BCUT2D eigenvalue weighted by atomic mass is 79.9. The summed E-state index contributed by atoms with van der Waals surface area (Å²) in [5.74, 6) is -1.49. The molecule has 5 N–H and O–H groups in total. The molecule has 4 aromatic rings. The lowest BCUT2D eigenvalue weighted by Crippen LogP contribution is -2.21. The van der Waals surface area contributed by atoms with Crippen molar-refractivity contribution in [1.29, 1.82) is 5.41 Å². The normalized spacial score (nSPS) is 11.5. The Morgan fingerprint density at radius 1 is 1.17 bits per heavy atom. The lowest BCUT2D eigenvalue weighted by Gasteiger charge is -2.13. The number of nitrogens with two attached hydrogens (primary N) is 1. The van der Waals surface area contributed by atoms with E-state index in [1.807, 2.05) is 25.1 Å². The summed E-state index contributed by atoms with van der Waals surface area (Å²) in [7, 11) is 1.76. The van der Waals surface area contributed by atoms with Gasteiger partial charge in [0.2, 0.25) is 0 Å². The molecule has 11 heteroatoms. The van der Waals surface area contributed by atoms with Gasteiger partial charge in [0.25, 0.3) is 11.8 Å². The van der Waals surface area contributed by atoms with Gasteiger partial charge < -0.3 is 21.8 Å². The number of hydrogen-bond donors (Lipinski definition) is 4. The van der Waals surface area contributed by atoms with Gasteiger partial charge in [0.05, 0.1) is 16.3 Å². The van der Waals surface area contributed by atoms with Crippen molar-refractivity contribution in [3.63, 3.8) is 0 Å². The molecule has 0 aliphatic carbocycles. The van der Waals surface area contributed by atoms with Crippen molar-refractivity contribution in [3.8, 4) is 0 Å². The molecule has 0 fully saturated rings. The summed E-state index contributed by atoms with van der Waals surface area (Å²) in [6.07, 6.45) is 1.25. The predicted molar refractivity (Wildman–Crippen MR) is 144 cm³/mol. The summed E-state index contributed by atoms with van der Waals surface area (Å²) in [6, 6.07) is 11.7. The summed E-state index contributed by atoms with van der Waals surface area (Å²) in [6.45, 7) is 3.45. The first-order valence-electron chi connectivity index (χ1n) is 10.7. The van der Waals surface area contributed by atoms with Crippen molar-refractivity contribution in [2.75, 3.05) is 10.6 Å². The third-order valence-electron chi connectivity index (χ3n) is 5.58. The highest BCUT2D eigenvalue weighted by Gasteiger charge is 2.18. The molecule has 2 aromatic heterocycles. The Labute approximate surface area is 218 Å². The van der Waals surface area contributed by atoms with E-state index < -0.39 is 17.6 Å². The molecule has 184 valence electrons. The number of nitrogens with zero attached hydrogens (tertiary/aromatic N) is 2. The number of amides is 2.